The number of halogens is 1. The van der Waals surface area contributed by atoms with Gasteiger partial charge in [0.15, 0.2) is 10.9 Å². The van der Waals surface area contributed by atoms with Gasteiger partial charge in [0.05, 0.1) is 12.1 Å². The minimum absolute atomic E-state index is 0.0525. The summed E-state index contributed by atoms with van der Waals surface area (Å²) in [6.07, 6.45) is -0.378. The van der Waals surface area contributed by atoms with Crippen LogP contribution in [0.15, 0.2) is 0 Å². The van der Waals surface area contributed by atoms with Crippen molar-refractivity contribution in [3.05, 3.63) is 16.5 Å². The van der Waals surface area contributed by atoms with Crippen LogP contribution in [0.2, 0.25) is 5.15 Å². The largest absolute Gasteiger partial charge is 0.481 e. The normalized spacial score (nSPS) is 10.0. The molecule has 0 spiro atoms. The molecular formula is C8H8ClN3O3. The lowest BCUT2D eigenvalue weighted by atomic mass is 10.2. The first-order chi connectivity index (χ1) is 6.91. The monoisotopic (exact) mass is 229 g/mol. The fourth-order valence-electron chi connectivity index (χ4n) is 0.957. The number of rotatable bonds is 3. The first-order valence-corrected chi connectivity index (χ1v) is 4.34. The highest BCUT2D eigenvalue weighted by atomic mass is 35.5. The molecule has 80 valence electrons. The number of aromatic nitrogens is 2. The topological polar surface area (TPSA) is 106 Å². The van der Waals surface area contributed by atoms with Crippen LogP contribution in [0.1, 0.15) is 23.1 Å². The van der Waals surface area contributed by atoms with Crippen LogP contribution in [0.5, 0.6) is 0 Å². The van der Waals surface area contributed by atoms with Crippen molar-refractivity contribution in [1.29, 1.82) is 0 Å². The Labute approximate surface area is 90.1 Å². The van der Waals surface area contributed by atoms with Gasteiger partial charge in [0.2, 0.25) is 0 Å². The second kappa shape index (κ2) is 4.22. The highest BCUT2D eigenvalue weighted by Gasteiger charge is 2.15. The Kier molecular flexibility index (Phi) is 3.21. The highest BCUT2D eigenvalue weighted by molar-refractivity contribution is 6.32. The number of nitrogen functional groups attached to an aromatic ring is 1. The van der Waals surface area contributed by atoms with E-state index in [-0.39, 0.29) is 34.6 Å². The number of carbonyl (C=O) groups excluding carboxylic acids is 1. The molecule has 1 heterocycles. The van der Waals surface area contributed by atoms with E-state index in [1.54, 1.807) is 0 Å². The lowest BCUT2D eigenvalue weighted by Gasteiger charge is -2.04. The molecule has 3 N–H and O–H groups in total. The van der Waals surface area contributed by atoms with Gasteiger partial charge in [0.25, 0.3) is 0 Å². The quantitative estimate of drug-likeness (QED) is 0.733. The summed E-state index contributed by atoms with van der Waals surface area (Å²) in [5.74, 6) is -1.56. The molecule has 0 saturated heterocycles. The van der Waals surface area contributed by atoms with E-state index in [4.69, 9.17) is 22.4 Å². The Bertz CT molecular complexity index is 433. The number of nitrogens with two attached hydrogens (primary N) is 1. The number of aliphatic carboxylic acids is 1. The molecule has 1 aromatic rings. The summed E-state index contributed by atoms with van der Waals surface area (Å²) in [7, 11) is 0. The van der Waals surface area contributed by atoms with Crippen molar-refractivity contribution >= 4 is 29.2 Å². The van der Waals surface area contributed by atoms with Gasteiger partial charge in [-0.25, -0.2) is 9.97 Å². The Hall–Kier alpha value is -1.69. The molecule has 0 aliphatic rings. The van der Waals surface area contributed by atoms with Crippen molar-refractivity contribution in [1.82, 2.24) is 9.97 Å². The van der Waals surface area contributed by atoms with Crippen LogP contribution in [-0.4, -0.2) is 26.8 Å². The summed E-state index contributed by atoms with van der Waals surface area (Å²) in [6.45, 7) is 1.27. The van der Waals surface area contributed by atoms with E-state index in [2.05, 4.69) is 9.97 Å². The summed E-state index contributed by atoms with van der Waals surface area (Å²) >= 11 is 5.64. The second-order valence-corrected chi connectivity index (χ2v) is 3.18. The maximum Gasteiger partial charge on any atom is 0.309 e. The van der Waals surface area contributed by atoms with E-state index < -0.39 is 5.97 Å². The molecule has 1 aromatic heterocycles. The van der Waals surface area contributed by atoms with Gasteiger partial charge in [-0.15, -0.1) is 0 Å². The maximum absolute atomic E-state index is 11.0. The third-order valence-electron chi connectivity index (χ3n) is 1.61. The van der Waals surface area contributed by atoms with Crippen molar-refractivity contribution in [2.24, 2.45) is 0 Å². The first kappa shape index (κ1) is 11.4. The zero-order valence-corrected chi connectivity index (χ0v) is 8.58. The molecular weight excluding hydrogens is 222 g/mol. The van der Waals surface area contributed by atoms with E-state index in [1.165, 1.54) is 6.92 Å². The van der Waals surface area contributed by atoms with Crippen LogP contribution in [0.3, 0.4) is 0 Å². The Balaban J connectivity index is 3.19. The molecule has 0 saturated carbocycles. The van der Waals surface area contributed by atoms with Crippen molar-refractivity contribution < 1.29 is 14.7 Å². The number of hydrogen-bond donors (Lipinski definition) is 2. The Morgan fingerprint density at radius 2 is 2.07 bits per heavy atom. The van der Waals surface area contributed by atoms with Crippen LogP contribution in [0, 0.1) is 0 Å². The van der Waals surface area contributed by atoms with Crippen LogP contribution in [0.25, 0.3) is 0 Å². The average Bonchev–Trinajstić information content (AvgIpc) is 2.09. The number of carboxylic acids is 1. The minimum Gasteiger partial charge on any atom is -0.481 e. The molecule has 0 amide bonds. The van der Waals surface area contributed by atoms with Gasteiger partial charge in [-0.1, -0.05) is 11.6 Å². The Morgan fingerprint density at radius 1 is 1.47 bits per heavy atom. The van der Waals surface area contributed by atoms with Gasteiger partial charge in [-0.2, -0.15) is 0 Å². The summed E-state index contributed by atoms with van der Waals surface area (Å²) in [4.78, 5) is 28.8. The molecule has 0 bridgehead atoms. The van der Waals surface area contributed by atoms with E-state index in [0.717, 1.165) is 0 Å². The van der Waals surface area contributed by atoms with E-state index in [9.17, 15) is 9.59 Å². The lowest BCUT2D eigenvalue weighted by Crippen LogP contribution is -2.11. The van der Waals surface area contributed by atoms with Crippen LogP contribution >= 0.6 is 11.6 Å². The fraction of sp³-hybridized carbons (Fsp3) is 0.250. The molecule has 6 nitrogen and oxygen atoms in total. The van der Waals surface area contributed by atoms with Crippen molar-refractivity contribution in [3.63, 3.8) is 0 Å². The zero-order chi connectivity index (χ0) is 11.6. The number of anilines is 1. The molecule has 0 fully saturated rings. The number of hydrogen-bond acceptors (Lipinski definition) is 5. The highest BCUT2D eigenvalue weighted by Crippen LogP contribution is 2.16. The van der Waals surface area contributed by atoms with Crippen LogP contribution in [0.4, 0.5) is 5.82 Å². The maximum atomic E-state index is 11.0. The Morgan fingerprint density at radius 3 is 2.53 bits per heavy atom. The molecule has 0 radical (unpaired) electrons. The molecule has 7 heteroatoms. The predicted octanol–water partition coefficient (Wildman–Crippen LogP) is 0.542. The summed E-state index contributed by atoms with van der Waals surface area (Å²) in [5.41, 5.74) is 5.43. The smallest absolute Gasteiger partial charge is 0.309 e. The van der Waals surface area contributed by atoms with Crippen LogP contribution in [-0.2, 0) is 11.2 Å². The molecule has 1 rings (SSSR count). The number of Topliss-reactive ketones (excluding diaryl/α,β-unsaturated/α-hetero) is 1. The van der Waals surface area contributed by atoms with E-state index in [0.29, 0.717) is 0 Å². The molecule has 15 heavy (non-hydrogen) atoms. The van der Waals surface area contributed by atoms with Gasteiger partial charge in [-0.3, -0.25) is 9.59 Å². The van der Waals surface area contributed by atoms with Gasteiger partial charge in [-0.05, 0) is 0 Å². The molecule has 0 aromatic carbocycles. The number of carbonyl (C=O) groups is 2. The van der Waals surface area contributed by atoms with Crippen LogP contribution < -0.4 is 5.73 Å². The van der Waals surface area contributed by atoms with Gasteiger partial charge >= 0.3 is 5.97 Å². The number of carboxylic acid groups (broad SMARTS) is 1. The van der Waals surface area contributed by atoms with E-state index >= 15 is 0 Å². The first-order valence-electron chi connectivity index (χ1n) is 3.96. The molecule has 0 aliphatic heterocycles. The summed E-state index contributed by atoms with van der Waals surface area (Å²) in [5, 5.41) is 8.40. The van der Waals surface area contributed by atoms with E-state index in [1.807, 2.05) is 0 Å². The molecule has 0 atom stereocenters. The standard InChI is InChI=1S/C8H8ClN3O3/c1-3(13)6-7(9)11-4(2-5(14)15)8(10)12-6/h2H2,1H3,(H2,10,12)(H,14,15). The number of ketones is 1. The lowest BCUT2D eigenvalue weighted by molar-refractivity contribution is -0.136. The minimum atomic E-state index is -1.09. The fourth-order valence-corrected chi connectivity index (χ4v) is 1.23. The van der Waals surface area contributed by atoms with Gasteiger partial charge in [0.1, 0.15) is 11.5 Å². The van der Waals surface area contributed by atoms with Crippen molar-refractivity contribution in [2.45, 2.75) is 13.3 Å². The predicted molar refractivity (Wildman–Crippen MR) is 52.8 cm³/mol. The SMILES string of the molecule is CC(=O)c1nc(N)c(CC(=O)O)nc1Cl. The third kappa shape index (κ3) is 2.63. The molecule has 0 aliphatic carbocycles. The third-order valence-corrected chi connectivity index (χ3v) is 1.87. The summed E-state index contributed by atoms with van der Waals surface area (Å²) < 4.78 is 0. The molecule has 0 unspecified atom stereocenters. The van der Waals surface area contributed by atoms with Gasteiger partial charge in [0, 0.05) is 6.92 Å². The number of nitrogens with zero attached hydrogens (tertiary/aromatic N) is 2. The van der Waals surface area contributed by atoms with Crippen molar-refractivity contribution in [3.8, 4) is 0 Å². The zero-order valence-electron chi connectivity index (χ0n) is 7.82. The second-order valence-electron chi connectivity index (χ2n) is 2.82. The average molecular weight is 230 g/mol. The van der Waals surface area contributed by atoms with Crippen molar-refractivity contribution in [2.75, 3.05) is 5.73 Å². The summed E-state index contributed by atoms with van der Waals surface area (Å²) in [6, 6.07) is 0. The van der Waals surface area contributed by atoms with Gasteiger partial charge < -0.3 is 10.8 Å².